The Kier molecular flexibility index (Phi) is 8.36. The molecule has 0 bridgehead atoms. The van der Waals surface area contributed by atoms with E-state index in [0.717, 1.165) is 54.2 Å². The Hall–Kier alpha value is -4.09. The van der Waals surface area contributed by atoms with Crippen molar-refractivity contribution in [2.45, 2.75) is 31.5 Å². The molecule has 2 unspecified atom stereocenters. The van der Waals surface area contributed by atoms with Crippen LogP contribution >= 0.6 is 0 Å². The minimum Gasteiger partial charge on any atom is -0.489 e. The van der Waals surface area contributed by atoms with Gasteiger partial charge in [-0.1, -0.05) is 84.9 Å². The Balaban J connectivity index is 1.16. The highest BCUT2D eigenvalue weighted by Gasteiger charge is 2.24. The van der Waals surface area contributed by atoms with Crippen LogP contribution in [0, 0.1) is 0 Å². The first-order chi connectivity index (χ1) is 18.7. The molecule has 4 aromatic carbocycles. The van der Waals surface area contributed by atoms with Gasteiger partial charge in [0.15, 0.2) is 0 Å². The number of hydrogen-bond acceptors (Lipinski definition) is 5. The smallest absolute Gasteiger partial charge is 0.328 e. The number of anilines is 1. The van der Waals surface area contributed by atoms with E-state index in [0.29, 0.717) is 6.42 Å². The number of carbonyl (C=O) groups excluding carboxylic acids is 1. The molecule has 0 amide bonds. The average molecular weight is 507 g/mol. The van der Waals surface area contributed by atoms with Gasteiger partial charge in [-0.25, -0.2) is 4.79 Å². The molecule has 1 saturated heterocycles. The van der Waals surface area contributed by atoms with Crippen LogP contribution in [0.15, 0.2) is 109 Å². The Morgan fingerprint density at radius 2 is 1.50 bits per heavy atom. The van der Waals surface area contributed by atoms with Crippen LogP contribution in [-0.2, 0) is 22.5 Å². The molecule has 194 valence electrons. The lowest BCUT2D eigenvalue weighted by atomic mass is 10.0. The third-order valence-electron chi connectivity index (χ3n) is 6.96. The molecule has 0 radical (unpaired) electrons. The summed E-state index contributed by atoms with van der Waals surface area (Å²) in [6.07, 6.45) is 1.72. The van der Waals surface area contributed by atoms with E-state index in [1.807, 2.05) is 54.6 Å². The maximum atomic E-state index is 12.6. The van der Waals surface area contributed by atoms with E-state index in [1.165, 1.54) is 12.7 Å². The minimum atomic E-state index is -0.490. The van der Waals surface area contributed by atoms with Gasteiger partial charge in [-0.3, -0.25) is 4.90 Å². The number of ether oxygens (including phenoxy) is 2. The number of rotatable bonds is 10. The normalized spacial score (nSPS) is 16.1. The second kappa shape index (κ2) is 12.4. The average Bonchev–Trinajstić information content (AvgIpc) is 3.41. The van der Waals surface area contributed by atoms with Crippen molar-refractivity contribution in [1.82, 2.24) is 4.90 Å². The zero-order valence-electron chi connectivity index (χ0n) is 21.8. The van der Waals surface area contributed by atoms with Gasteiger partial charge in [-0.2, -0.15) is 0 Å². The highest BCUT2D eigenvalue weighted by atomic mass is 16.5. The monoisotopic (exact) mass is 506 g/mol. The number of benzene rings is 4. The largest absolute Gasteiger partial charge is 0.489 e. The lowest BCUT2D eigenvalue weighted by Crippen LogP contribution is -2.32. The lowest BCUT2D eigenvalue weighted by molar-refractivity contribution is -0.141. The van der Waals surface area contributed by atoms with Crippen molar-refractivity contribution in [3.05, 3.63) is 120 Å². The van der Waals surface area contributed by atoms with E-state index in [2.05, 4.69) is 64.8 Å². The highest BCUT2D eigenvalue weighted by Crippen LogP contribution is 2.23. The van der Waals surface area contributed by atoms with E-state index >= 15 is 0 Å². The number of likely N-dealkylation sites (tertiary alicyclic amines) is 1. The number of hydrogen-bond donors (Lipinski definition) is 1. The van der Waals surface area contributed by atoms with Crippen LogP contribution in [0.3, 0.4) is 0 Å². The standard InChI is InChI=1S/C33H34N2O3/c1-37-33(36)32(34-29-16-14-28(15-17-29)27-10-6-3-7-11-27)22-25-12-18-30(19-13-25)38-31-20-21-35(24-31)23-26-8-4-2-5-9-26/h2-19,31-32,34H,20-24H2,1H3. The quantitative estimate of drug-likeness (QED) is 0.260. The second-order valence-corrected chi connectivity index (χ2v) is 9.76. The molecule has 4 aromatic rings. The van der Waals surface area contributed by atoms with E-state index in [-0.39, 0.29) is 12.1 Å². The molecule has 1 fully saturated rings. The molecule has 1 aliphatic heterocycles. The van der Waals surface area contributed by atoms with Crippen molar-refractivity contribution < 1.29 is 14.3 Å². The summed E-state index contributed by atoms with van der Waals surface area (Å²) in [7, 11) is 1.43. The molecular weight excluding hydrogens is 472 g/mol. The number of carbonyl (C=O) groups is 1. The van der Waals surface area contributed by atoms with E-state index in [9.17, 15) is 4.79 Å². The fourth-order valence-corrected chi connectivity index (χ4v) is 4.94. The molecule has 1 N–H and O–H groups in total. The van der Waals surface area contributed by atoms with Crippen LogP contribution in [0.25, 0.3) is 11.1 Å². The first-order valence-corrected chi connectivity index (χ1v) is 13.2. The molecule has 1 aliphatic rings. The van der Waals surface area contributed by atoms with E-state index in [4.69, 9.17) is 9.47 Å². The number of methoxy groups -OCH3 is 1. The van der Waals surface area contributed by atoms with Crippen molar-refractivity contribution in [3.8, 4) is 16.9 Å². The summed E-state index contributed by atoms with van der Waals surface area (Å²) in [4.78, 5) is 15.0. The zero-order valence-corrected chi connectivity index (χ0v) is 21.8. The van der Waals surface area contributed by atoms with Gasteiger partial charge < -0.3 is 14.8 Å². The molecule has 2 atom stereocenters. The van der Waals surface area contributed by atoms with Gasteiger partial charge in [-0.15, -0.1) is 0 Å². The predicted molar refractivity (Wildman–Crippen MR) is 152 cm³/mol. The number of nitrogens with zero attached hydrogens (tertiary/aromatic N) is 1. The molecule has 38 heavy (non-hydrogen) atoms. The third-order valence-corrected chi connectivity index (χ3v) is 6.96. The van der Waals surface area contributed by atoms with Gasteiger partial charge in [0.25, 0.3) is 0 Å². The Morgan fingerprint density at radius 1 is 0.842 bits per heavy atom. The summed E-state index contributed by atoms with van der Waals surface area (Å²) in [5.41, 5.74) is 5.54. The first-order valence-electron chi connectivity index (χ1n) is 13.2. The van der Waals surface area contributed by atoms with Crippen LogP contribution in [0.1, 0.15) is 17.5 Å². The molecule has 5 rings (SSSR count). The molecule has 0 aliphatic carbocycles. The third kappa shape index (κ3) is 6.81. The summed E-state index contributed by atoms with van der Waals surface area (Å²) in [6, 6.07) is 36.5. The van der Waals surface area contributed by atoms with Gasteiger partial charge in [0.05, 0.1) is 7.11 Å². The van der Waals surface area contributed by atoms with Gasteiger partial charge in [0.1, 0.15) is 17.9 Å². The maximum absolute atomic E-state index is 12.6. The van der Waals surface area contributed by atoms with E-state index < -0.39 is 6.04 Å². The Bertz CT molecular complexity index is 1290. The molecule has 5 nitrogen and oxygen atoms in total. The van der Waals surface area contributed by atoms with Gasteiger partial charge in [0.2, 0.25) is 0 Å². The van der Waals surface area contributed by atoms with Crippen molar-refractivity contribution >= 4 is 11.7 Å². The van der Waals surface area contributed by atoms with Crippen molar-refractivity contribution in [2.24, 2.45) is 0 Å². The number of nitrogens with one attached hydrogen (secondary N) is 1. The van der Waals surface area contributed by atoms with Crippen LogP contribution < -0.4 is 10.1 Å². The minimum absolute atomic E-state index is 0.188. The van der Waals surface area contributed by atoms with Gasteiger partial charge >= 0.3 is 5.97 Å². The summed E-state index contributed by atoms with van der Waals surface area (Å²) >= 11 is 0. The second-order valence-electron chi connectivity index (χ2n) is 9.76. The summed E-state index contributed by atoms with van der Waals surface area (Å²) in [6.45, 7) is 2.92. The molecule has 0 saturated carbocycles. The predicted octanol–water partition coefficient (Wildman–Crippen LogP) is 6.20. The van der Waals surface area contributed by atoms with E-state index in [1.54, 1.807) is 0 Å². The molecule has 5 heteroatoms. The van der Waals surface area contributed by atoms with Crippen LogP contribution in [0.4, 0.5) is 5.69 Å². The van der Waals surface area contributed by atoms with Crippen LogP contribution in [-0.4, -0.2) is 43.2 Å². The zero-order chi connectivity index (χ0) is 26.2. The van der Waals surface area contributed by atoms with Crippen molar-refractivity contribution in [1.29, 1.82) is 0 Å². The SMILES string of the molecule is COC(=O)C(Cc1ccc(OC2CCN(Cc3ccccc3)C2)cc1)Nc1ccc(-c2ccccc2)cc1. The maximum Gasteiger partial charge on any atom is 0.328 e. The summed E-state index contributed by atoms with van der Waals surface area (Å²) in [5, 5.41) is 3.34. The van der Waals surface area contributed by atoms with Gasteiger partial charge in [-0.05, 0) is 52.9 Å². The fourth-order valence-electron chi connectivity index (χ4n) is 4.94. The Morgan fingerprint density at radius 3 is 2.18 bits per heavy atom. The Labute approximate surface area is 225 Å². The van der Waals surface area contributed by atoms with Crippen molar-refractivity contribution in [3.63, 3.8) is 0 Å². The molecule has 1 heterocycles. The number of esters is 1. The fraction of sp³-hybridized carbons (Fsp3) is 0.242. The molecule has 0 spiro atoms. The topological polar surface area (TPSA) is 50.8 Å². The summed E-state index contributed by atoms with van der Waals surface area (Å²) < 4.78 is 11.4. The highest BCUT2D eigenvalue weighted by molar-refractivity contribution is 5.80. The molecular formula is C33H34N2O3. The van der Waals surface area contributed by atoms with Gasteiger partial charge in [0, 0.05) is 31.7 Å². The lowest BCUT2D eigenvalue weighted by Gasteiger charge is -2.19. The van der Waals surface area contributed by atoms with Crippen LogP contribution in [0.5, 0.6) is 5.75 Å². The first kappa shape index (κ1) is 25.6. The summed E-state index contributed by atoms with van der Waals surface area (Å²) in [5.74, 6) is 0.571. The van der Waals surface area contributed by atoms with Crippen LogP contribution in [0.2, 0.25) is 0 Å². The molecule has 0 aromatic heterocycles. The van der Waals surface area contributed by atoms with Crippen molar-refractivity contribution in [2.75, 3.05) is 25.5 Å².